The number of rotatable bonds is 0. The fourth-order valence-electron chi connectivity index (χ4n) is 3.03. The molecule has 2 aromatic rings. The molecule has 4 rings (SSSR count). The van der Waals surface area contributed by atoms with Crippen LogP contribution in [0.25, 0.3) is 16.5 Å². The SMILES string of the molecule is O=C1C=C2c3nc4ccccc4cc3C(=O)CC2C1. The number of ketones is 2. The quantitative estimate of drug-likeness (QED) is 0.721. The van der Waals surface area contributed by atoms with Gasteiger partial charge in [0.1, 0.15) is 0 Å². The Morgan fingerprint density at radius 1 is 1.11 bits per heavy atom. The number of para-hydroxylation sites is 1. The molecule has 0 amide bonds. The van der Waals surface area contributed by atoms with Crippen molar-refractivity contribution in [3.05, 3.63) is 47.7 Å². The van der Waals surface area contributed by atoms with Crippen molar-refractivity contribution in [1.29, 1.82) is 0 Å². The maximum atomic E-state index is 12.2. The third-order valence-electron chi connectivity index (χ3n) is 3.93. The fourth-order valence-corrected chi connectivity index (χ4v) is 3.03. The van der Waals surface area contributed by atoms with E-state index in [1.807, 2.05) is 30.3 Å². The summed E-state index contributed by atoms with van der Waals surface area (Å²) in [5, 5.41) is 0.970. The number of hydrogen-bond acceptors (Lipinski definition) is 3. The summed E-state index contributed by atoms with van der Waals surface area (Å²) >= 11 is 0. The van der Waals surface area contributed by atoms with Crippen LogP contribution in [0, 0.1) is 5.92 Å². The molecular formula is C16H11NO2. The lowest BCUT2D eigenvalue weighted by Crippen LogP contribution is -2.18. The van der Waals surface area contributed by atoms with Crippen LogP contribution in [0.4, 0.5) is 0 Å². The standard InChI is InChI=1S/C16H11NO2/c18-11-5-10-7-15(19)13-6-9-3-1-2-4-14(9)17-16(13)12(10)8-11/h1-4,6,8,10H,5,7H2. The summed E-state index contributed by atoms with van der Waals surface area (Å²) < 4.78 is 0. The maximum absolute atomic E-state index is 12.2. The van der Waals surface area contributed by atoms with E-state index >= 15 is 0 Å². The Balaban J connectivity index is 2.04. The van der Waals surface area contributed by atoms with Gasteiger partial charge in [0.2, 0.25) is 0 Å². The van der Waals surface area contributed by atoms with Crippen LogP contribution in [-0.4, -0.2) is 16.6 Å². The molecule has 0 radical (unpaired) electrons. The number of carbonyl (C=O) groups excluding carboxylic acids is 2. The molecule has 1 atom stereocenters. The molecule has 3 nitrogen and oxygen atoms in total. The highest BCUT2D eigenvalue weighted by Gasteiger charge is 2.35. The van der Waals surface area contributed by atoms with Gasteiger partial charge in [-0.15, -0.1) is 0 Å². The first-order chi connectivity index (χ1) is 9.22. The van der Waals surface area contributed by atoms with Crippen LogP contribution in [0.2, 0.25) is 0 Å². The first kappa shape index (κ1) is 10.6. The zero-order valence-electron chi connectivity index (χ0n) is 10.2. The van der Waals surface area contributed by atoms with Crippen LogP contribution in [0.3, 0.4) is 0 Å². The molecule has 0 fully saturated rings. The zero-order chi connectivity index (χ0) is 13.0. The number of hydrogen-bond donors (Lipinski definition) is 0. The Morgan fingerprint density at radius 2 is 1.95 bits per heavy atom. The van der Waals surface area contributed by atoms with E-state index < -0.39 is 0 Å². The number of pyridine rings is 1. The number of Topliss-reactive ketones (excluding diaryl/α,β-unsaturated/α-hetero) is 1. The first-order valence-corrected chi connectivity index (χ1v) is 6.40. The van der Waals surface area contributed by atoms with Crippen molar-refractivity contribution in [1.82, 2.24) is 4.98 Å². The summed E-state index contributed by atoms with van der Waals surface area (Å²) in [5.74, 6) is 0.252. The second-order valence-electron chi connectivity index (χ2n) is 5.17. The molecule has 1 aromatic heterocycles. The second kappa shape index (κ2) is 3.60. The normalized spacial score (nSPS) is 21.3. The van der Waals surface area contributed by atoms with Gasteiger partial charge in [-0.2, -0.15) is 0 Å². The van der Waals surface area contributed by atoms with Gasteiger partial charge in [-0.05, 0) is 23.8 Å². The molecular weight excluding hydrogens is 238 g/mol. The molecule has 2 aliphatic rings. The third kappa shape index (κ3) is 1.48. The van der Waals surface area contributed by atoms with Crippen molar-refractivity contribution in [3.8, 4) is 0 Å². The van der Waals surface area contributed by atoms with Crippen molar-refractivity contribution < 1.29 is 9.59 Å². The topological polar surface area (TPSA) is 47.0 Å². The smallest absolute Gasteiger partial charge is 0.165 e. The minimum Gasteiger partial charge on any atom is -0.295 e. The average molecular weight is 249 g/mol. The van der Waals surface area contributed by atoms with E-state index in [2.05, 4.69) is 4.98 Å². The van der Waals surface area contributed by atoms with Gasteiger partial charge in [0.15, 0.2) is 11.6 Å². The van der Waals surface area contributed by atoms with Gasteiger partial charge in [-0.25, -0.2) is 4.98 Å². The molecule has 0 bridgehead atoms. The second-order valence-corrected chi connectivity index (χ2v) is 5.17. The third-order valence-corrected chi connectivity index (χ3v) is 3.93. The minimum atomic E-state index is 0.0427. The van der Waals surface area contributed by atoms with Gasteiger partial charge in [0.05, 0.1) is 11.2 Å². The van der Waals surface area contributed by atoms with Crippen molar-refractivity contribution >= 4 is 28.0 Å². The van der Waals surface area contributed by atoms with Crippen LogP contribution in [0.1, 0.15) is 28.9 Å². The van der Waals surface area contributed by atoms with Crippen molar-refractivity contribution in [3.63, 3.8) is 0 Å². The number of allylic oxidation sites excluding steroid dienone is 2. The predicted molar refractivity (Wildman–Crippen MR) is 71.8 cm³/mol. The molecule has 2 aliphatic carbocycles. The Bertz CT molecular complexity index is 773. The monoisotopic (exact) mass is 249 g/mol. The molecule has 0 spiro atoms. The molecule has 92 valence electrons. The van der Waals surface area contributed by atoms with Crippen LogP contribution in [-0.2, 0) is 4.79 Å². The van der Waals surface area contributed by atoms with Gasteiger partial charge >= 0.3 is 0 Å². The Morgan fingerprint density at radius 3 is 2.84 bits per heavy atom. The minimum absolute atomic E-state index is 0.0427. The van der Waals surface area contributed by atoms with E-state index in [0.717, 1.165) is 16.5 Å². The largest absolute Gasteiger partial charge is 0.295 e. The van der Waals surface area contributed by atoms with E-state index in [1.54, 1.807) is 6.08 Å². The van der Waals surface area contributed by atoms with Crippen LogP contribution in [0.15, 0.2) is 36.4 Å². The van der Waals surface area contributed by atoms with Crippen LogP contribution in [0.5, 0.6) is 0 Å². The van der Waals surface area contributed by atoms with Gasteiger partial charge in [0.25, 0.3) is 0 Å². The summed E-state index contributed by atoms with van der Waals surface area (Å²) in [6.45, 7) is 0. The summed E-state index contributed by atoms with van der Waals surface area (Å²) in [6, 6.07) is 9.65. The molecule has 19 heavy (non-hydrogen) atoms. The van der Waals surface area contributed by atoms with Crippen LogP contribution >= 0.6 is 0 Å². The maximum Gasteiger partial charge on any atom is 0.165 e. The molecule has 3 heteroatoms. The average Bonchev–Trinajstić information content (AvgIpc) is 2.78. The highest BCUT2D eigenvalue weighted by Crippen LogP contribution is 2.40. The van der Waals surface area contributed by atoms with Gasteiger partial charge in [-0.3, -0.25) is 9.59 Å². The highest BCUT2D eigenvalue weighted by atomic mass is 16.1. The van der Waals surface area contributed by atoms with E-state index in [1.165, 1.54) is 0 Å². The zero-order valence-corrected chi connectivity index (χ0v) is 10.2. The first-order valence-electron chi connectivity index (χ1n) is 6.40. The molecule has 0 aliphatic heterocycles. The van der Waals surface area contributed by atoms with E-state index in [4.69, 9.17) is 0 Å². The van der Waals surface area contributed by atoms with Gasteiger partial charge in [0, 0.05) is 29.7 Å². The summed E-state index contributed by atoms with van der Waals surface area (Å²) in [7, 11) is 0. The molecule has 1 heterocycles. The van der Waals surface area contributed by atoms with Crippen LogP contribution < -0.4 is 0 Å². The van der Waals surface area contributed by atoms with Gasteiger partial charge < -0.3 is 0 Å². The van der Waals surface area contributed by atoms with Crippen molar-refractivity contribution in [2.75, 3.05) is 0 Å². The number of carbonyl (C=O) groups is 2. The lowest BCUT2D eigenvalue weighted by atomic mass is 9.82. The molecule has 0 saturated carbocycles. The van der Waals surface area contributed by atoms with Gasteiger partial charge in [-0.1, -0.05) is 18.2 Å². The van der Waals surface area contributed by atoms with Crippen molar-refractivity contribution in [2.45, 2.75) is 12.8 Å². The van der Waals surface area contributed by atoms with E-state index in [9.17, 15) is 9.59 Å². The molecule has 1 aromatic carbocycles. The summed E-state index contributed by atoms with van der Waals surface area (Å²) in [4.78, 5) is 28.4. The van der Waals surface area contributed by atoms with E-state index in [-0.39, 0.29) is 17.5 Å². The molecule has 0 saturated heterocycles. The lowest BCUT2D eigenvalue weighted by molar-refractivity contribution is -0.114. The Labute approximate surface area is 110 Å². The number of fused-ring (bicyclic) bond motifs is 4. The Hall–Kier alpha value is -2.29. The highest BCUT2D eigenvalue weighted by molar-refractivity contribution is 6.12. The Kier molecular flexibility index (Phi) is 2.01. The molecule has 1 unspecified atom stereocenters. The number of aromatic nitrogens is 1. The number of nitrogens with zero attached hydrogens (tertiary/aromatic N) is 1. The number of benzene rings is 1. The predicted octanol–water partition coefficient (Wildman–Crippen LogP) is 2.79. The summed E-state index contributed by atoms with van der Waals surface area (Å²) in [5.41, 5.74) is 3.20. The lowest BCUT2D eigenvalue weighted by Gasteiger charge is -2.22. The fraction of sp³-hybridized carbons (Fsp3) is 0.188. The molecule has 0 N–H and O–H groups in total. The summed E-state index contributed by atoms with van der Waals surface area (Å²) in [6.07, 6.45) is 2.55. The van der Waals surface area contributed by atoms with E-state index in [0.29, 0.717) is 24.1 Å². The van der Waals surface area contributed by atoms with Crippen molar-refractivity contribution in [2.24, 2.45) is 5.92 Å².